The molecular formula is C21H20N2O3. The predicted molar refractivity (Wildman–Crippen MR) is 102 cm³/mol. The average Bonchev–Trinajstić information content (AvgIpc) is 3.09. The van der Waals surface area contributed by atoms with Gasteiger partial charge in [-0.1, -0.05) is 30.3 Å². The van der Waals surface area contributed by atoms with Crippen LogP contribution < -0.4 is 5.32 Å². The standard InChI is InChI=1S/C21H20N2O3/c1-26-21(25)18-9-6-16(7-10-18)8-11-20(24)22-13-15-23-14-12-17-4-2-3-5-19(17)23/h2-12,14H,13,15H2,1H3,(H,22,24)/b11-8+. The highest BCUT2D eigenvalue weighted by Crippen LogP contribution is 2.14. The minimum atomic E-state index is -0.379. The van der Waals surface area contributed by atoms with Crippen LogP contribution in [0.2, 0.25) is 0 Å². The van der Waals surface area contributed by atoms with Crippen molar-refractivity contribution in [2.24, 2.45) is 0 Å². The quantitative estimate of drug-likeness (QED) is 0.549. The summed E-state index contributed by atoms with van der Waals surface area (Å²) in [7, 11) is 1.34. The van der Waals surface area contributed by atoms with E-state index < -0.39 is 0 Å². The van der Waals surface area contributed by atoms with Crippen molar-refractivity contribution in [2.75, 3.05) is 13.7 Å². The number of hydrogen-bond donors (Lipinski definition) is 1. The van der Waals surface area contributed by atoms with Crippen LogP contribution in [0.15, 0.2) is 66.9 Å². The molecule has 0 bridgehead atoms. The summed E-state index contributed by atoms with van der Waals surface area (Å²) >= 11 is 0. The van der Waals surface area contributed by atoms with Gasteiger partial charge < -0.3 is 14.6 Å². The smallest absolute Gasteiger partial charge is 0.337 e. The Morgan fingerprint density at radius 3 is 2.62 bits per heavy atom. The summed E-state index contributed by atoms with van der Waals surface area (Å²) in [6.45, 7) is 1.25. The first-order valence-electron chi connectivity index (χ1n) is 8.35. The summed E-state index contributed by atoms with van der Waals surface area (Å²) < 4.78 is 6.77. The van der Waals surface area contributed by atoms with Crippen LogP contribution in [0.25, 0.3) is 17.0 Å². The molecule has 0 unspecified atom stereocenters. The Labute approximate surface area is 151 Å². The summed E-state index contributed by atoms with van der Waals surface area (Å²) in [4.78, 5) is 23.3. The fraction of sp³-hybridized carbons (Fsp3) is 0.143. The van der Waals surface area contributed by atoms with Gasteiger partial charge in [-0.3, -0.25) is 4.79 Å². The van der Waals surface area contributed by atoms with Crippen molar-refractivity contribution in [1.29, 1.82) is 0 Å². The van der Waals surface area contributed by atoms with Crippen LogP contribution in [-0.4, -0.2) is 30.1 Å². The lowest BCUT2D eigenvalue weighted by molar-refractivity contribution is -0.116. The zero-order valence-corrected chi connectivity index (χ0v) is 14.5. The number of nitrogens with zero attached hydrogens (tertiary/aromatic N) is 1. The lowest BCUT2D eigenvalue weighted by Crippen LogP contribution is -2.25. The van der Waals surface area contributed by atoms with Crippen LogP contribution >= 0.6 is 0 Å². The topological polar surface area (TPSA) is 60.3 Å². The molecule has 2 aromatic carbocycles. The predicted octanol–water partition coefficient (Wildman–Crippen LogP) is 3.26. The van der Waals surface area contributed by atoms with Gasteiger partial charge in [-0.15, -0.1) is 0 Å². The maximum atomic E-state index is 11.9. The number of para-hydroxylation sites is 1. The monoisotopic (exact) mass is 348 g/mol. The maximum Gasteiger partial charge on any atom is 0.337 e. The Morgan fingerprint density at radius 2 is 1.85 bits per heavy atom. The number of nitrogens with one attached hydrogen (secondary N) is 1. The maximum absolute atomic E-state index is 11.9. The fourth-order valence-electron chi connectivity index (χ4n) is 2.71. The molecule has 0 atom stereocenters. The molecule has 0 spiro atoms. The third kappa shape index (κ3) is 4.19. The number of carbonyl (C=O) groups excluding carboxylic acids is 2. The molecule has 0 aliphatic carbocycles. The van der Waals surface area contributed by atoms with E-state index >= 15 is 0 Å². The van der Waals surface area contributed by atoms with E-state index in [0.29, 0.717) is 18.7 Å². The lowest BCUT2D eigenvalue weighted by atomic mass is 10.1. The molecule has 5 heteroatoms. The van der Waals surface area contributed by atoms with Gasteiger partial charge >= 0.3 is 5.97 Å². The first-order chi connectivity index (χ1) is 12.7. The summed E-state index contributed by atoms with van der Waals surface area (Å²) in [6.07, 6.45) is 5.22. The molecule has 1 aromatic heterocycles. The first-order valence-corrected chi connectivity index (χ1v) is 8.35. The summed E-state index contributed by atoms with van der Waals surface area (Å²) in [6, 6.07) is 17.1. The first kappa shape index (κ1) is 17.5. The number of hydrogen-bond acceptors (Lipinski definition) is 3. The number of rotatable bonds is 6. The molecule has 0 aliphatic rings. The zero-order chi connectivity index (χ0) is 18.4. The van der Waals surface area contributed by atoms with E-state index in [1.807, 2.05) is 18.3 Å². The molecular weight excluding hydrogens is 328 g/mol. The number of carbonyl (C=O) groups is 2. The molecule has 0 radical (unpaired) electrons. The Morgan fingerprint density at radius 1 is 1.08 bits per heavy atom. The van der Waals surface area contributed by atoms with E-state index in [9.17, 15) is 9.59 Å². The Bertz CT molecular complexity index is 939. The van der Waals surface area contributed by atoms with Crippen molar-refractivity contribution in [3.63, 3.8) is 0 Å². The van der Waals surface area contributed by atoms with Gasteiger partial charge in [-0.2, -0.15) is 0 Å². The van der Waals surface area contributed by atoms with Crippen LogP contribution in [-0.2, 0) is 16.1 Å². The minimum absolute atomic E-state index is 0.154. The van der Waals surface area contributed by atoms with Gasteiger partial charge in [0.05, 0.1) is 12.7 Å². The number of ether oxygens (including phenoxy) is 1. The third-order valence-corrected chi connectivity index (χ3v) is 4.09. The average molecular weight is 348 g/mol. The van der Waals surface area contributed by atoms with Gasteiger partial charge in [0.15, 0.2) is 0 Å². The molecule has 1 amide bonds. The van der Waals surface area contributed by atoms with Crippen LogP contribution in [0.3, 0.4) is 0 Å². The van der Waals surface area contributed by atoms with E-state index in [1.165, 1.54) is 18.6 Å². The highest BCUT2D eigenvalue weighted by Gasteiger charge is 2.04. The van der Waals surface area contributed by atoms with Gasteiger partial charge in [0, 0.05) is 30.9 Å². The molecule has 3 rings (SSSR count). The number of fused-ring (bicyclic) bond motifs is 1. The van der Waals surface area contributed by atoms with Gasteiger partial charge in [-0.05, 0) is 41.3 Å². The van der Waals surface area contributed by atoms with Gasteiger partial charge in [0.1, 0.15) is 0 Å². The SMILES string of the molecule is COC(=O)c1ccc(/C=C/C(=O)NCCn2ccc3ccccc32)cc1. The van der Waals surface area contributed by atoms with Crippen molar-refractivity contribution in [3.05, 3.63) is 78.0 Å². The highest BCUT2D eigenvalue weighted by atomic mass is 16.5. The Kier molecular flexibility index (Phi) is 5.49. The van der Waals surface area contributed by atoms with E-state index in [2.05, 4.69) is 32.8 Å². The molecule has 0 fully saturated rings. The van der Waals surface area contributed by atoms with E-state index in [1.54, 1.807) is 30.3 Å². The van der Waals surface area contributed by atoms with Crippen molar-refractivity contribution < 1.29 is 14.3 Å². The molecule has 1 N–H and O–H groups in total. The number of amides is 1. The number of methoxy groups -OCH3 is 1. The van der Waals surface area contributed by atoms with Crippen molar-refractivity contribution >= 4 is 28.9 Å². The molecule has 0 saturated heterocycles. The number of aromatic nitrogens is 1. The third-order valence-electron chi connectivity index (χ3n) is 4.09. The highest BCUT2D eigenvalue weighted by molar-refractivity contribution is 5.92. The second kappa shape index (κ2) is 8.16. The van der Waals surface area contributed by atoms with E-state index in [4.69, 9.17) is 0 Å². The molecule has 132 valence electrons. The lowest BCUT2D eigenvalue weighted by Gasteiger charge is -2.06. The largest absolute Gasteiger partial charge is 0.465 e. The molecule has 1 heterocycles. The molecule has 5 nitrogen and oxygen atoms in total. The van der Waals surface area contributed by atoms with Gasteiger partial charge in [-0.25, -0.2) is 4.79 Å². The number of esters is 1. The second-order valence-corrected chi connectivity index (χ2v) is 5.81. The van der Waals surface area contributed by atoms with Crippen molar-refractivity contribution in [1.82, 2.24) is 9.88 Å². The van der Waals surface area contributed by atoms with Gasteiger partial charge in [0.25, 0.3) is 0 Å². The Balaban J connectivity index is 1.51. The van der Waals surface area contributed by atoms with Crippen LogP contribution in [0, 0.1) is 0 Å². The van der Waals surface area contributed by atoms with Crippen LogP contribution in [0.5, 0.6) is 0 Å². The fourth-order valence-corrected chi connectivity index (χ4v) is 2.71. The molecule has 0 aliphatic heterocycles. The minimum Gasteiger partial charge on any atom is -0.465 e. The molecule has 26 heavy (non-hydrogen) atoms. The van der Waals surface area contributed by atoms with E-state index in [0.717, 1.165) is 11.1 Å². The normalized spacial score (nSPS) is 11.0. The second-order valence-electron chi connectivity index (χ2n) is 5.81. The molecule has 0 saturated carbocycles. The summed E-state index contributed by atoms with van der Waals surface area (Å²) in [5.74, 6) is -0.533. The number of benzene rings is 2. The van der Waals surface area contributed by atoms with Gasteiger partial charge in [0.2, 0.25) is 5.91 Å². The summed E-state index contributed by atoms with van der Waals surface area (Å²) in [5, 5.41) is 4.06. The molecule has 3 aromatic rings. The van der Waals surface area contributed by atoms with Crippen LogP contribution in [0.4, 0.5) is 0 Å². The van der Waals surface area contributed by atoms with Crippen molar-refractivity contribution in [3.8, 4) is 0 Å². The van der Waals surface area contributed by atoms with E-state index in [-0.39, 0.29) is 11.9 Å². The van der Waals surface area contributed by atoms with Crippen molar-refractivity contribution in [2.45, 2.75) is 6.54 Å². The Hall–Kier alpha value is -3.34. The van der Waals surface area contributed by atoms with Crippen LogP contribution in [0.1, 0.15) is 15.9 Å². The zero-order valence-electron chi connectivity index (χ0n) is 14.5. The summed E-state index contributed by atoms with van der Waals surface area (Å²) in [5.41, 5.74) is 2.47.